The van der Waals surface area contributed by atoms with E-state index in [2.05, 4.69) is 87.3 Å². The molecule has 3 nitrogen and oxygen atoms in total. The van der Waals surface area contributed by atoms with Gasteiger partial charge >= 0.3 is 0 Å². The first kappa shape index (κ1) is 20.9. The van der Waals surface area contributed by atoms with Crippen LogP contribution in [0.2, 0.25) is 0 Å². The van der Waals surface area contributed by atoms with Crippen LogP contribution in [0.1, 0.15) is 62.9 Å². The van der Waals surface area contributed by atoms with Crippen LogP contribution < -0.4 is 10.1 Å². The Bertz CT molecular complexity index is 757. The maximum Gasteiger partial charge on any atom is 0.119 e. The summed E-state index contributed by atoms with van der Waals surface area (Å²) >= 11 is 0. The van der Waals surface area contributed by atoms with Gasteiger partial charge in [0.25, 0.3) is 0 Å². The number of nitrogens with zero attached hydrogens (tertiary/aromatic N) is 1. The van der Waals surface area contributed by atoms with Gasteiger partial charge in [-0.05, 0) is 59.3 Å². The molecule has 2 aromatic rings. The van der Waals surface area contributed by atoms with Gasteiger partial charge in [0.05, 0.1) is 6.04 Å². The largest absolute Gasteiger partial charge is 0.492 e. The number of nitrogens with one attached hydrogen (secondary N) is 1. The van der Waals surface area contributed by atoms with Crippen LogP contribution in [0.4, 0.5) is 0 Å². The Kier molecular flexibility index (Phi) is 6.79. The van der Waals surface area contributed by atoms with Crippen LogP contribution in [-0.2, 0) is 11.8 Å². The monoisotopic (exact) mass is 380 g/mol. The highest BCUT2D eigenvalue weighted by molar-refractivity contribution is 5.44. The van der Waals surface area contributed by atoms with Crippen molar-refractivity contribution in [3.05, 3.63) is 64.7 Å². The van der Waals surface area contributed by atoms with Crippen molar-refractivity contribution in [2.24, 2.45) is 0 Å². The van der Waals surface area contributed by atoms with Crippen molar-refractivity contribution in [3.63, 3.8) is 0 Å². The number of ether oxygens (including phenoxy) is 1. The smallest absolute Gasteiger partial charge is 0.119 e. The minimum Gasteiger partial charge on any atom is -0.492 e. The van der Waals surface area contributed by atoms with E-state index in [1.165, 1.54) is 22.3 Å². The van der Waals surface area contributed by atoms with E-state index < -0.39 is 0 Å². The van der Waals surface area contributed by atoms with E-state index in [1.54, 1.807) is 0 Å². The van der Waals surface area contributed by atoms with Gasteiger partial charge in [0.2, 0.25) is 0 Å². The van der Waals surface area contributed by atoms with Gasteiger partial charge in [-0.1, -0.05) is 65.0 Å². The molecule has 1 heterocycles. The Morgan fingerprint density at radius 3 is 2.39 bits per heavy atom. The molecule has 152 valence electrons. The van der Waals surface area contributed by atoms with Gasteiger partial charge in [0, 0.05) is 13.1 Å². The molecule has 0 fully saturated rings. The minimum atomic E-state index is 0.188. The van der Waals surface area contributed by atoms with Crippen LogP contribution in [0.5, 0.6) is 5.75 Å². The molecule has 0 bridgehead atoms. The SMILES string of the molecule is CCN(CC)CCOc1ccc2c(c1)CCNC2c1ccc(C(C)(C)C)cc1. The van der Waals surface area contributed by atoms with E-state index in [9.17, 15) is 0 Å². The summed E-state index contributed by atoms with van der Waals surface area (Å²) in [5.41, 5.74) is 5.69. The second-order valence-electron chi connectivity index (χ2n) is 8.75. The topological polar surface area (TPSA) is 24.5 Å². The van der Waals surface area contributed by atoms with Crippen molar-refractivity contribution in [1.29, 1.82) is 0 Å². The third kappa shape index (κ3) is 4.95. The molecule has 0 amide bonds. The van der Waals surface area contributed by atoms with Gasteiger partial charge in [-0.3, -0.25) is 0 Å². The first-order valence-corrected chi connectivity index (χ1v) is 10.7. The molecule has 1 aliphatic rings. The number of hydrogen-bond donors (Lipinski definition) is 1. The lowest BCUT2D eigenvalue weighted by molar-refractivity contribution is 0.222. The van der Waals surface area contributed by atoms with Crippen molar-refractivity contribution in [2.75, 3.05) is 32.8 Å². The summed E-state index contributed by atoms with van der Waals surface area (Å²) in [7, 11) is 0. The molecule has 28 heavy (non-hydrogen) atoms. The molecule has 0 aliphatic carbocycles. The molecule has 3 rings (SSSR count). The molecule has 0 radical (unpaired) electrons. The van der Waals surface area contributed by atoms with Crippen molar-refractivity contribution < 1.29 is 4.74 Å². The van der Waals surface area contributed by atoms with E-state index in [0.717, 1.165) is 45.0 Å². The van der Waals surface area contributed by atoms with Crippen LogP contribution in [-0.4, -0.2) is 37.7 Å². The lowest BCUT2D eigenvalue weighted by Gasteiger charge is -2.29. The summed E-state index contributed by atoms with van der Waals surface area (Å²) in [5, 5.41) is 3.70. The van der Waals surface area contributed by atoms with Crippen molar-refractivity contribution in [1.82, 2.24) is 10.2 Å². The average molecular weight is 381 g/mol. The van der Waals surface area contributed by atoms with Crippen molar-refractivity contribution >= 4 is 0 Å². The molecule has 1 aliphatic heterocycles. The molecule has 0 spiro atoms. The molecule has 1 atom stereocenters. The zero-order valence-electron chi connectivity index (χ0n) is 18.2. The number of likely N-dealkylation sites (N-methyl/N-ethyl adjacent to an activating group) is 1. The van der Waals surface area contributed by atoms with E-state index in [-0.39, 0.29) is 11.5 Å². The predicted molar refractivity (Wildman–Crippen MR) is 118 cm³/mol. The Morgan fingerprint density at radius 1 is 1.04 bits per heavy atom. The molecule has 3 heteroatoms. The molecule has 0 saturated heterocycles. The highest BCUT2D eigenvalue weighted by Gasteiger charge is 2.22. The molecular formula is C25H36N2O. The molecule has 1 unspecified atom stereocenters. The van der Waals surface area contributed by atoms with E-state index in [1.807, 2.05) is 0 Å². The summed E-state index contributed by atoms with van der Waals surface area (Å²) in [6.07, 6.45) is 1.05. The molecule has 0 saturated carbocycles. The summed E-state index contributed by atoms with van der Waals surface area (Å²) in [6.45, 7) is 16.1. The maximum absolute atomic E-state index is 6.04. The van der Waals surface area contributed by atoms with Gasteiger partial charge < -0.3 is 15.0 Å². The fraction of sp³-hybridized carbons (Fsp3) is 0.520. The normalized spacial score (nSPS) is 16.9. The van der Waals surface area contributed by atoms with Crippen LogP contribution >= 0.6 is 0 Å². The maximum atomic E-state index is 6.04. The fourth-order valence-electron chi connectivity index (χ4n) is 3.94. The highest BCUT2D eigenvalue weighted by atomic mass is 16.5. The third-order valence-electron chi connectivity index (χ3n) is 5.85. The average Bonchev–Trinajstić information content (AvgIpc) is 2.70. The van der Waals surface area contributed by atoms with Gasteiger partial charge in [0.1, 0.15) is 12.4 Å². The molecular weight excluding hydrogens is 344 g/mol. The number of benzene rings is 2. The quantitative estimate of drug-likeness (QED) is 0.736. The predicted octanol–water partition coefficient (Wildman–Crippen LogP) is 4.94. The third-order valence-corrected chi connectivity index (χ3v) is 5.85. The first-order chi connectivity index (χ1) is 13.4. The molecule has 2 aromatic carbocycles. The second kappa shape index (κ2) is 9.11. The lowest BCUT2D eigenvalue weighted by atomic mass is 9.84. The van der Waals surface area contributed by atoms with Gasteiger partial charge in [-0.2, -0.15) is 0 Å². The zero-order valence-corrected chi connectivity index (χ0v) is 18.2. The van der Waals surface area contributed by atoms with E-state index >= 15 is 0 Å². The fourth-order valence-corrected chi connectivity index (χ4v) is 3.94. The van der Waals surface area contributed by atoms with Gasteiger partial charge in [-0.15, -0.1) is 0 Å². The molecule has 0 aromatic heterocycles. The highest BCUT2D eigenvalue weighted by Crippen LogP contribution is 2.32. The zero-order chi connectivity index (χ0) is 20.1. The van der Waals surface area contributed by atoms with Crippen LogP contribution in [0.15, 0.2) is 42.5 Å². The summed E-state index contributed by atoms with van der Waals surface area (Å²) < 4.78 is 6.04. The summed E-state index contributed by atoms with van der Waals surface area (Å²) in [6, 6.07) is 16.0. The number of hydrogen-bond acceptors (Lipinski definition) is 3. The molecule has 1 N–H and O–H groups in total. The standard InChI is InChI=1S/C25H36N2O/c1-6-27(7-2)16-17-28-22-12-13-23-20(18-22)14-15-26-24(23)19-8-10-21(11-9-19)25(3,4)5/h8-13,18,24,26H,6-7,14-17H2,1-5H3. The minimum absolute atomic E-state index is 0.188. The Labute approximate surface area is 171 Å². The van der Waals surface area contributed by atoms with E-state index in [0.29, 0.717) is 0 Å². The summed E-state index contributed by atoms with van der Waals surface area (Å²) in [4.78, 5) is 2.39. The Morgan fingerprint density at radius 2 is 1.75 bits per heavy atom. The van der Waals surface area contributed by atoms with Crippen LogP contribution in [0.3, 0.4) is 0 Å². The second-order valence-corrected chi connectivity index (χ2v) is 8.75. The van der Waals surface area contributed by atoms with Crippen molar-refractivity contribution in [3.8, 4) is 5.75 Å². The van der Waals surface area contributed by atoms with Gasteiger partial charge in [-0.25, -0.2) is 0 Å². The summed E-state index contributed by atoms with van der Waals surface area (Å²) in [5.74, 6) is 0.995. The first-order valence-electron chi connectivity index (χ1n) is 10.7. The van der Waals surface area contributed by atoms with Crippen molar-refractivity contribution in [2.45, 2.75) is 52.5 Å². The van der Waals surface area contributed by atoms with Gasteiger partial charge in [0.15, 0.2) is 0 Å². The number of fused-ring (bicyclic) bond motifs is 1. The van der Waals surface area contributed by atoms with E-state index in [4.69, 9.17) is 4.74 Å². The Hall–Kier alpha value is -1.84. The van der Waals surface area contributed by atoms with Crippen LogP contribution in [0.25, 0.3) is 0 Å². The lowest BCUT2D eigenvalue weighted by Crippen LogP contribution is -2.30. The Balaban J connectivity index is 1.72. The van der Waals surface area contributed by atoms with Crippen LogP contribution in [0, 0.1) is 0 Å². The number of rotatable bonds is 7.